The molecule has 1 aromatic carbocycles. The van der Waals surface area contributed by atoms with Gasteiger partial charge in [0.1, 0.15) is 17.5 Å². The highest BCUT2D eigenvalue weighted by molar-refractivity contribution is 5.19. The summed E-state index contributed by atoms with van der Waals surface area (Å²) in [4.78, 5) is 6.83. The first kappa shape index (κ1) is 18.0. The van der Waals surface area contributed by atoms with Crippen molar-refractivity contribution in [2.45, 2.75) is 38.8 Å². The molecule has 0 aliphatic carbocycles. The Morgan fingerprint density at radius 1 is 1.32 bits per heavy atom. The summed E-state index contributed by atoms with van der Waals surface area (Å²) < 4.78 is 34.3. The number of rotatable bonds is 7. The average Bonchev–Trinajstić information content (AvgIpc) is 3.18. The molecule has 0 bridgehead atoms. The van der Waals surface area contributed by atoms with Gasteiger partial charge in [-0.2, -0.15) is 0 Å². The number of methoxy groups -OCH3 is 1. The Morgan fingerprint density at radius 2 is 2.16 bits per heavy atom. The summed E-state index contributed by atoms with van der Waals surface area (Å²) in [7, 11) is 1.71. The molecule has 2 aromatic rings. The fourth-order valence-electron chi connectivity index (χ4n) is 3.54. The number of imidazole rings is 1. The summed E-state index contributed by atoms with van der Waals surface area (Å²) >= 11 is 0. The lowest BCUT2D eigenvalue weighted by Crippen LogP contribution is -2.21. The summed E-state index contributed by atoms with van der Waals surface area (Å²) in [5, 5.41) is 0. The van der Waals surface area contributed by atoms with Crippen molar-refractivity contribution < 1.29 is 13.5 Å². The van der Waals surface area contributed by atoms with E-state index in [4.69, 9.17) is 4.74 Å². The SMILES string of the molecule is COCCCn1c(C)cnc1C1CCN(Cc2ccc(F)cc2F)C1. The van der Waals surface area contributed by atoms with Crippen LogP contribution in [0.3, 0.4) is 0 Å². The van der Waals surface area contributed by atoms with Gasteiger partial charge in [-0.3, -0.25) is 4.90 Å². The molecule has 0 N–H and O–H groups in total. The first-order valence-electron chi connectivity index (χ1n) is 8.75. The van der Waals surface area contributed by atoms with Crippen molar-refractivity contribution in [3.8, 4) is 0 Å². The van der Waals surface area contributed by atoms with Crippen LogP contribution in [-0.2, 0) is 17.8 Å². The zero-order valence-electron chi connectivity index (χ0n) is 14.8. The molecule has 1 aromatic heterocycles. The van der Waals surface area contributed by atoms with Gasteiger partial charge in [0.05, 0.1) is 0 Å². The molecular formula is C19H25F2N3O. The molecule has 0 saturated carbocycles. The Labute approximate surface area is 147 Å². The molecule has 4 nitrogen and oxygen atoms in total. The van der Waals surface area contributed by atoms with Gasteiger partial charge in [0, 0.05) is 62.8 Å². The fraction of sp³-hybridized carbons (Fsp3) is 0.526. The van der Waals surface area contributed by atoms with Crippen LogP contribution in [0.1, 0.15) is 35.8 Å². The monoisotopic (exact) mass is 349 g/mol. The minimum Gasteiger partial charge on any atom is -0.385 e. The molecule has 3 rings (SSSR count). The van der Waals surface area contributed by atoms with Gasteiger partial charge in [0.2, 0.25) is 0 Å². The lowest BCUT2D eigenvalue weighted by Gasteiger charge is -2.17. The molecule has 1 aliphatic rings. The largest absolute Gasteiger partial charge is 0.385 e. The molecule has 136 valence electrons. The number of halogens is 2. The van der Waals surface area contributed by atoms with Gasteiger partial charge in [-0.15, -0.1) is 0 Å². The van der Waals surface area contributed by atoms with E-state index >= 15 is 0 Å². The lowest BCUT2D eigenvalue weighted by atomic mass is 10.1. The average molecular weight is 349 g/mol. The van der Waals surface area contributed by atoms with E-state index in [1.165, 1.54) is 12.1 Å². The van der Waals surface area contributed by atoms with Crippen LogP contribution in [0.25, 0.3) is 0 Å². The number of hydrogen-bond donors (Lipinski definition) is 0. The summed E-state index contributed by atoms with van der Waals surface area (Å²) in [6, 6.07) is 3.81. The Bertz CT molecular complexity index is 717. The highest BCUT2D eigenvalue weighted by Gasteiger charge is 2.28. The second kappa shape index (κ2) is 8.06. The number of nitrogens with zero attached hydrogens (tertiary/aromatic N) is 3. The van der Waals surface area contributed by atoms with Gasteiger partial charge >= 0.3 is 0 Å². The quantitative estimate of drug-likeness (QED) is 0.717. The van der Waals surface area contributed by atoms with Crippen LogP contribution in [0.4, 0.5) is 8.78 Å². The number of ether oxygens (including phenoxy) is 1. The van der Waals surface area contributed by atoms with Crippen molar-refractivity contribution >= 4 is 0 Å². The predicted octanol–water partition coefficient (Wildman–Crippen LogP) is 3.50. The Morgan fingerprint density at radius 3 is 2.92 bits per heavy atom. The highest BCUT2D eigenvalue weighted by Crippen LogP contribution is 2.28. The van der Waals surface area contributed by atoms with E-state index < -0.39 is 11.6 Å². The van der Waals surface area contributed by atoms with Crippen molar-refractivity contribution in [3.63, 3.8) is 0 Å². The normalized spacial score (nSPS) is 18.2. The standard InChI is InChI=1S/C19H25F2N3O/c1-14-11-22-19(24(14)7-3-9-25-2)16-6-8-23(13-16)12-15-4-5-17(20)10-18(15)21/h4-5,10-11,16H,3,6-9,12-13H2,1-2H3. The first-order chi connectivity index (χ1) is 12.1. The number of aryl methyl sites for hydroxylation is 1. The Balaban J connectivity index is 1.65. The van der Waals surface area contributed by atoms with Gasteiger partial charge in [-0.05, 0) is 32.4 Å². The molecule has 1 aliphatic heterocycles. The number of benzene rings is 1. The number of aromatic nitrogens is 2. The van der Waals surface area contributed by atoms with Crippen LogP contribution in [0, 0.1) is 18.6 Å². The second-order valence-electron chi connectivity index (χ2n) is 6.71. The van der Waals surface area contributed by atoms with E-state index in [0.29, 0.717) is 18.0 Å². The van der Waals surface area contributed by atoms with E-state index in [1.807, 2.05) is 6.20 Å². The van der Waals surface area contributed by atoms with Gasteiger partial charge < -0.3 is 9.30 Å². The van der Waals surface area contributed by atoms with Crippen molar-refractivity contribution in [1.29, 1.82) is 0 Å². The fourth-order valence-corrected chi connectivity index (χ4v) is 3.54. The number of hydrogen-bond acceptors (Lipinski definition) is 3. The molecule has 25 heavy (non-hydrogen) atoms. The zero-order chi connectivity index (χ0) is 17.8. The summed E-state index contributed by atoms with van der Waals surface area (Å²) in [6.45, 7) is 5.95. The third-order valence-electron chi connectivity index (χ3n) is 4.86. The third kappa shape index (κ3) is 4.25. The van der Waals surface area contributed by atoms with E-state index in [-0.39, 0.29) is 0 Å². The molecule has 1 fully saturated rings. The van der Waals surface area contributed by atoms with E-state index in [1.54, 1.807) is 7.11 Å². The molecule has 1 unspecified atom stereocenters. The first-order valence-corrected chi connectivity index (χ1v) is 8.75. The molecular weight excluding hydrogens is 324 g/mol. The van der Waals surface area contributed by atoms with Crippen molar-refractivity contribution in [2.24, 2.45) is 0 Å². The van der Waals surface area contributed by atoms with Crippen molar-refractivity contribution in [1.82, 2.24) is 14.5 Å². The molecule has 1 atom stereocenters. The zero-order valence-corrected chi connectivity index (χ0v) is 14.8. The lowest BCUT2D eigenvalue weighted by molar-refractivity contribution is 0.189. The predicted molar refractivity (Wildman–Crippen MR) is 92.5 cm³/mol. The van der Waals surface area contributed by atoms with Gasteiger partial charge in [-0.1, -0.05) is 6.07 Å². The molecule has 2 heterocycles. The Hall–Kier alpha value is -1.79. The second-order valence-corrected chi connectivity index (χ2v) is 6.71. The van der Waals surface area contributed by atoms with Gasteiger partial charge in [0.15, 0.2) is 0 Å². The van der Waals surface area contributed by atoms with Crippen LogP contribution < -0.4 is 0 Å². The summed E-state index contributed by atoms with van der Waals surface area (Å²) in [5.41, 5.74) is 1.70. The Kier molecular flexibility index (Phi) is 5.81. The van der Waals surface area contributed by atoms with Gasteiger partial charge in [-0.25, -0.2) is 13.8 Å². The van der Waals surface area contributed by atoms with Crippen LogP contribution in [0.15, 0.2) is 24.4 Å². The molecule has 0 radical (unpaired) electrons. The smallest absolute Gasteiger partial charge is 0.130 e. The molecule has 1 saturated heterocycles. The number of likely N-dealkylation sites (tertiary alicyclic amines) is 1. The van der Waals surface area contributed by atoms with E-state index in [0.717, 1.165) is 56.7 Å². The van der Waals surface area contributed by atoms with Crippen molar-refractivity contribution in [2.75, 3.05) is 26.8 Å². The maximum Gasteiger partial charge on any atom is 0.130 e. The van der Waals surface area contributed by atoms with E-state index in [2.05, 4.69) is 21.4 Å². The topological polar surface area (TPSA) is 30.3 Å². The molecule has 6 heteroatoms. The summed E-state index contributed by atoms with van der Waals surface area (Å²) in [6.07, 6.45) is 3.88. The third-order valence-corrected chi connectivity index (χ3v) is 4.86. The van der Waals surface area contributed by atoms with Crippen LogP contribution in [0.2, 0.25) is 0 Å². The van der Waals surface area contributed by atoms with Crippen molar-refractivity contribution in [3.05, 3.63) is 53.1 Å². The van der Waals surface area contributed by atoms with Crippen LogP contribution >= 0.6 is 0 Å². The summed E-state index contributed by atoms with van der Waals surface area (Å²) in [5.74, 6) is 0.449. The highest BCUT2D eigenvalue weighted by atomic mass is 19.1. The minimum atomic E-state index is -0.533. The molecule has 0 spiro atoms. The maximum atomic E-state index is 13.9. The minimum absolute atomic E-state index is 0.347. The van der Waals surface area contributed by atoms with Crippen LogP contribution in [-0.4, -0.2) is 41.3 Å². The van der Waals surface area contributed by atoms with E-state index in [9.17, 15) is 8.78 Å². The molecule has 0 amide bonds. The van der Waals surface area contributed by atoms with Gasteiger partial charge in [0.25, 0.3) is 0 Å². The maximum absolute atomic E-state index is 13.9. The van der Waals surface area contributed by atoms with Crippen LogP contribution in [0.5, 0.6) is 0 Å².